The molecule has 10 heteroatoms. The van der Waals surface area contributed by atoms with Gasteiger partial charge in [-0.1, -0.05) is 6.92 Å². The Kier molecular flexibility index (Phi) is 7.91. The van der Waals surface area contributed by atoms with E-state index in [1.54, 1.807) is 31.2 Å². The highest BCUT2D eigenvalue weighted by Crippen LogP contribution is 2.38. The number of aliphatic carboxylic acids is 1. The Balaban J connectivity index is 0.00000364. The van der Waals surface area contributed by atoms with E-state index in [1.807, 2.05) is 0 Å². The monoisotopic (exact) mass is 410 g/mol. The molecule has 27 heavy (non-hydrogen) atoms. The SMILES string of the molecule is CCC(C(=O)Nc1ccc(OC)cc1)N1C[C@@H](C(F)(F)F)[C@H](C(=O)O)C1.Cl. The molecule has 1 aromatic rings. The van der Waals surface area contributed by atoms with Crippen LogP contribution >= 0.6 is 12.4 Å². The molecule has 1 fully saturated rings. The van der Waals surface area contributed by atoms with Gasteiger partial charge in [0.15, 0.2) is 0 Å². The molecule has 2 N–H and O–H groups in total. The van der Waals surface area contributed by atoms with Crippen LogP contribution in [0.1, 0.15) is 13.3 Å². The van der Waals surface area contributed by atoms with E-state index in [9.17, 15) is 22.8 Å². The van der Waals surface area contributed by atoms with Crippen molar-refractivity contribution in [2.45, 2.75) is 25.6 Å². The number of amides is 1. The van der Waals surface area contributed by atoms with Crippen molar-refractivity contribution in [2.24, 2.45) is 11.8 Å². The van der Waals surface area contributed by atoms with Crippen LogP contribution in [0.3, 0.4) is 0 Å². The van der Waals surface area contributed by atoms with E-state index in [-0.39, 0.29) is 25.4 Å². The standard InChI is InChI=1S/C17H21F3N2O4.ClH/c1-3-14(15(23)21-10-4-6-11(26-2)7-5-10)22-8-12(16(24)25)13(9-22)17(18,19)20;/h4-7,12-14H,3,8-9H2,1-2H3,(H,21,23)(H,24,25);1H/t12-,13-,14?;/m1./s1. The van der Waals surface area contributed by atoms with Crippen molar-refractivity contribution >= 4 is 30.0 Å². The molecule has 0 aliphatic carbocycles. The summed E-state index contributed by atoms with van der Waals surface area (Å²) in [7, 11) is 1.50. The van der Waals surface area contributed by atoms with Crippen molar-refractivity contribution in [1.29, 1.82) is 0 Å². The van der Waals surface area contributed by atoms with E-state index in [2.05, 4.69) is 5.32 Å². The van der Waals surface area contributed by atoms with Gasteiger partial charge in [-0.3, -0.25) is 14.5 Å². The van der Waals surface area contributed by atoms with Crippen molar-refractivity contribution in [3.05, 3.63) is 24.3 Å². The maximum absolute atomic E-state index is 13.1. The lowest BCUT2D eigenvalue weighted by Crippen LogP contribution is -2.43. The first kappa shape index (κ1) is 23.0. The Morgan fingerprint density at radius 1 is 1.30 bits per heavy atom. The fraction of sp³-hybridized carbons (Fsp3) is 0.529. The summed E-state index contributed by atoms with van der Waals surface area (Å²) in [6, 6.07) is 5.68. The molecular weight excluding hydrogens is 389 g/mol. The van der Waals surface area contributed by atoms with Crippen molar-refractivity contribution in [1.82, 2.24) is 4.90 Å². The first-order valence-corrected chi connectivity index (χ1v) is 8.15. The molecule has 1 heterocycles. The molecule has 2 rings (SSSR count). The molecule has 6 nitrogen and oxygen atoms in total. The summed E-state index contributed by atoms with van der Waals surface area (Å²) >= 11 is 0. The molecule has 1 aliphatic rings. The van der Waals surface area contributed by atoms with E-state index in [0.717, 1.165) is 0 Å². The van der Waals surface area contributed by atoms with Gasteiger partial charge < -0.3 is 15.2 Å². The second-order valence-electron chi connectivity index (χ2n) is 6.19. The number of nitrogens with zero attached hydrogens (tertiary/aromatic N) is 1. The molecule has 1 saturated heterocycles. The Morgan fingerprint density at radius 2 is 1.89 bits per heavy atom. The third-order valence-corrected chi connectivity index (χ3v) is 4.57. The fourth-order valence-electron chi connectivity index (χ4n) is 3.18. The molecule has 152 valence electrons. The highest BCUT2D eigenvalue weighted by molar-refractivity contribution is 5.95. The number of carbonyl (C=O) groups is 2. The Morgan fingerprint density at radius 3 is 2.30 bits per heavy atom. The van der Waals surface area contributed by atoms with Crippen molar-refractivity contribution < 1.29 is 32.6 Å². The van der Waals surface area contributed by atoms with Crippen molar-refractivity contribution in [3.8, 4) is 5.75 Å². The van der Waals surface area contributed by atoms with Gasteiger partial charge in [0.25, 0.3) is 0 Å². The summed E-state index contributed by atoms with van der Waals surface area (Å²) in [5.41, 5.74) is 0.482. The molecular formula is C17H22ClF3N2O4. The van der Waals surface area contributed by atoms with Gasteiger partial charge in [0.05, 0.1) is 25.0 Å². The van der Waals surface area contributed by atoms with Crippen LogP contribution in [0.15, 0.2) is 24.3 Å². The number of likely N-dealkylation sites (tertiary alicyclic amines) is 1. The summed E-state index contributed by atoms with van der Waals surface area (Å²) in [5.74, 6) is -4.92. The number of halogens is 4. The number of carboxylic acid groups (broad SMARTS) is 1. The summed E-state index contributed by atoms with van der Waals surface area (Å²) in [6.45, 7) is 0.859. The van der Waals surface area contributed by atoms with E-state index in [0.29, 0.717) is 11.4 Å². The Hall–Kier alpha value is -2.00. The van der Waals surface area contributed by atoms with Gasteiger partial charge in [-0.15, -0.1) is 12.4 Å². The van der Waals surface area contributed by atoms with Gasteiger partial charge in [0.1, 0.15) is 5.75 Å². The van der Waals surface area contributed by atoms with Gasteiger partial charge in [0.2, 0.25) is 5.91 Å². The average Bonchev–Trinajstić information content (AvgIpc) is 3.02. The zero-order chi connectivity index (χ0) is 19.5. The number of benzene rings is 1. The number of hydrogen-bond donors (Lipinski definition) is 2. The zero-order valence-corrected chi connectivity index (χ0v) is 15.6. The number of carboxylic acids is 1. The third kappa shape index (κ3) is 5.49. The normalized spacial score (nSPS) is 21.2. The number of nitrogens with one attached hydrogen (secondary N) is 1. The maximum Gasteiger partial charge on any atom is 0.393 e. The summed E-state index contributed by atoms with van der Waals surface area (Å²) in [4.78, 5) is 25.0. The van der Waals surface area contributed by atoms with Crippen LogP contribution in [0.2, 0.25) is 0 Å². The lowest BCUT2D eigenvalue weighted by molar-refractivity contribution is -0.188. The van der Waals surface area contributed by atoms with Crippen LogP contribution in [0.4, 0.5) is 18.9 Å². The largest absolute Gasteiger partial charge is 0.497 e. The van der Waals surface area contributed by atoms with Crippen molar-refractivity contribution in [3.63, 3.8) is 0 Å². The van der Waals surface area contributed by atoms with Crippen LogP contribution in [-0.4, -0.2) is 54.3 Å². The third-order valence-electron chi connectivity index (χ3n) is 4.57. The van der Waals surface area contributed by atoms with Crippen LogP contribution in [0.5, 0.6) is 5.75 Å². The highest BCUT2D eigenvalue weighted by Gasteiger charge is 2.53. The van der Waals surface area contributed by atoms with E-state index in [4.69, 9.17) is 9.84 Å². The number of ether oxygens (including phenoxy) is 1. The lowest BCUT2D eigenvalue weighted by atomic mass is 9.96. The molecule has 0 saturated carbocycles. The topological polar surface area (TPSA) is 78.9 Å². The first-order valence-electron chi connectivity index (χ1n) is 8.15. The minimum atomic E-state index is -4.62. The molecule has 1 aromatic carbocycles. The maximum atomic E-state index is 13.1. The van der Waals surface area contributed by atoms with E-state index >= 15 is 0 Å². The molecule has 1 amide bonds. The van der Waals surface area contributed by atoms with Crippen molar-refractivity contribution in [2.75, 3.05) is 25.5 Å². The molecule has 0 aromatic heterocycles. The predicted molar refractivity (Wildman–Crippen MR) is 95.2 cm³/mol. The minimum Gasteiger partial charge on any atom is -0.497 e. The molecule has 0 bridgehead atoms. The average molecular weight is 411 g/mol. The number of methoxy groups -OCH3 is 1. The van der Waals surface area contributed by atoms with Gasteiger partial charge in [-0.05, 0) is 30.7 Å². The predicted octanol–water partition coefficient (Wildman–Crippen LogP) is 3.03. The summed E-state index contributed by atoms with van der Waals surface area (Å²) in [6.07, 6.45) is -4.36. The van der Waals surface area contributed by atoms with Crippen LogP contribution in [0, 0.1) is 11.8 Å². The second-order valence-corrected chi connectivity index (χ2v) is 6.19. The first-order chi connectivity index (χ1) is 12.2. The smallest absolute Gasteiger partial charge is 0.393 e. The molecule has 3 atom stereocenters. The summed E-state index contributed by atoms with van der Waals surface area (Å²) < 4.78 is 44.4. The zero-order valence-electron chi connectivity index (χ0n) is 14.8. The van der Waals surface area contributed by atoms with Gasteiger partial charge in [-0.25, -0.2) is 0 Å². The van der Waals surface area contributed by atoms with Gasteiger partial charge in [0, 0.05) is 18.8 Å². The second kappa shape index (κ2) is 9.27. The molecule has 0 spiro atoms. The Labute approximate surface area is 161 Å². The van der Waals surface area contributed by atoms with E-state index in [1.165, 1.54) is 12.0 Å². The minimum absolute atomic E-state index is 0. The number of alkyl halides is 3. The lowest BCUT2D eigenvalue weighted by Gasteiger charge is -2.26. The fourth-order valence-corrected chi connectivity index (χ4v) is 3.18. The number of rotatable bonds is 6. The van der Waals surface area contributed by atoms with Gasteiger partial charge in [-0.2, -0.15) is 13.2 Å². The number of carbonyl (C=O) groups excluding carboxylic acids is 1. The van der Waals surface area contributed by atoms with E-state index < -0.39 is 42.5 Å². The molecule has 0 radical (unpaired) electrons. The Bertz CT molecular complexity index is 655. The van der Waals surface area contributed by atoms with Crippen LogP contribution < -0.4 is 10.1 Å². The van der Waals surface area contributed by atoms with Crippen LogP contribution in [0.25, 0.3) is 0 Å². The highest BCUT2D eigenvalue weighted by atomic mass is 35.5. The summed E-state index contributed by atoms with van der Waals surface area (Å²) in [5, 5.41) is 11.8. The quantitative estimate of drug-likeness (QED) is 0.753. The number of anilines is 1. The van der Waals surface area contributed by atoms with Gasteiger partial charge >= 0.3 is 12.1 Å². The number of hydrogen-bond acceptors (Lipinski definition) is 4. The molecule has 1 aliphatic heterocycles. The van der Waals surface area contributed by atoms with Crippen LogP contribution in [-0.2, 0) is 9.59 Å². The molecule has 1 unspecified atom stereocenters.